The van der Waals surface area contributed by atoms with Crippen molar-refractivity contribution in [3.8, 4) is 17.3 Å². The molecule has 0 saturated heterocycles. The highest BCUT2D eigenvalue weighted by Gasteiger charge is 2.12. The van der Waals surface area contributed by atoms with Crippen molar-refractivity contribution in [3.05, 3.63) is 88.9 Å². The molecule has 4 rings (SSSR count). The van der Waals surface area contributed by atoms with Crippen LogP contribution in [-0.4, -0.2) is 28.7 Å². The summed E-state index contributed by atoms with van der Waals surface area (Å²) in [5, 5.41) is 4.82. The van der Waals surface area contributed by atoms with Gasteiger partial charge in [-0.05, 0) is 23.8 Å². The average molecular weight is 461 g/mol. The fraction of sp³-hybridized carbons (Fsp3) is 0.0435. The van der Waals surface area contributed by atoms with E-state index in [-0.39, 0.29) is 12.6 Å². The van der Waals surface area contributed by atoms with Gasteiger partial charge in [-0.1, -0.05) is 76.6 Å². The number of rotatable bonds is 6. The van der Waals surface area contributed by atoms with Crippen LogP contribution in [0.5, 0.6) is 6.01 Å². The van der Waals surface area contributed by atoms with Crippen molar-refractivity contribution < 1.29 is 9.53 Å². The average Bonchev–Trinajstić information content (AvgIpc) is 2.78. The van der Waals surface area contributed by atoms with Gasteiger partial charge in [-0.2, -0.15) is 15.1 Å². The SMILES string of the molecule is O=C(COc1nc(-c2ccccc2)c2cc(Br)ccc2n1)N/N=C/c1ccccc1. The van der Waals surface area contributed by atoms with E-state index in [0.29, 0.717) is 0 Å². The Bertz CT molecular complexity index is 1200. The number of carbonyl (C=O) groups is 1. The molecule has 30 heavy (non-hydrogen) atoms. The van der Waals surface area contributed by atoms with Crippen LogP contribution in [0.25, 0.3) is 22.2 Å². The summed E-state index contributed by atoms with van der Waals surface area (Å²) >= 11 is 3.50. The minimum Gasteiger partial charge on any atom is -0.453 e. The van der Waals surface area contributed by atoms with Gasteiger partial charge in [0.05, 0.1) is 17.4 Å². The molecule has 3 aromatic carbocycles. The number of halogens is 1. The molecule has 148 valence electrons. The number of ether oxygens (including phenoxy) is 1. The number of nitrogens with zero attached hydrogens (tertiary/aromatic N) is 3. The maximum atomic E-state index is 12.1. The zero-order valence-corrected chi connectivity index (χ0v) is 17.4. The summed E-state index contributed by atoms with van der Waals surface area (Å²) in [7, 11) is 0. The molecule has 1 heterocycles. The largest absolute Gasteiger partial charge is 0.453 e. The van der Waals surface area contributed by atoms with Crippen molar-refractivity contribution in [1.82, 2.24) is 15.4 Å². The molecule has 7 heteroatoms. The maximum absolute atomic E-state index is 12.1. The first-order valence-corrected chi connectivity index (χ1v) is 10.0. The lowest BCUT2D eigenvalue weighted by atomic mass is 10.1. The van der Waals surface area contributed by atoms with Crippen LogP contribution in [0, 0.1) is 0 Å². The second-order valence-electron chi connectivity index (χ2n) is 6.37. The minimum atomic E-state index is -0.400. The number of carbonyl (C=O) groups excluding carboxylic acids is 1. The second kappa shape index (κ2) is 9.28. The molecule has 0 aliphatic heterocycles. The van der Waals surface area contributed by atoms with Gasteiger partial charge in [0.15, 0.2) is 6.61 Å². The predicted octanol–water partition coefficient (Wildman–Crippen LogP) is 4.59. The van der Waals surface area contributed by atoms with Crippen LogP contribution in [0.1, 0.15) is 5.56 Å². The molecule has 0 unspecified atom stereocenters. The van der Waals surface area contributed by atoms with Crippen molar-refractivity contribution in [3.63, 3.8) is 0 Å². The van der Waals surface area contributed by atoms with Crippen molar-refractivity contribution in [2.45, 2.75) is 0 Å². The van der Waals surface area contributed by atoms with Gasteiger partial charge >= 0.3 is 6.01 Å². The van der Waals surface area contributed by atoms with E-state index < -0.39 is 5.91 Å². The van der Waals surface area contributed by atoms with Gasteiger partial charge < -0.3 is 4.74 Å². The molecule has 0 bridgehead atoms. The van der Waals surface area contributed by atoms with Crippen LogP contribution >= 0.6 is 15.9 Å². The zero-order valence-electron chi connectivity index (χ0n) is 15.8. The summed E-state index contributed by atoms with van der Waals surface area (Å²) in [6, 6.07) is 25.1. The van der Waals surface area contributed by atoms with Crippen LogP contribution < -0.4 is 10.2 Å². The van der Waals surface area contributed by atoms with E-state index in [2.05, 4.69) is 36.4 Å². The molecule has 0 aliphatic rings. The topological polar surface area (TPSA) is 76.5 Å². The number of hydrazone groups is 1. The van der Waals surface area contributed by atoms with Crippen molar-refractivity contribution in [2.24, 2.45) is 5.10 Å². The standard InChI is InChI=1S/C23H17BrN4O2/c24-18-11-12-20-19(13-18)22(17-9-5-2-6-10-17)27-23(26-20)30-15-21(29)28-25-14-16-7-3-1-4-8-16/h1-14H,15H2,(H,28,29)/b25-14+. The zero-order chi connectivity index (χ0) is 20.8. The first kappa shape index (κ1) is 19.7. The van der Waals surface area contributed by atoms with Gasteiger partial charge in [0.1, 0.15) is 0 Å². The molecule has 0 fully saturated rings. The van der Waals surface area contributed by atoms with Crippen LogP contribution in [-0.2, 0) is 4.79 Å². The van der Waals surface area contributed by atoms with Crippen LogP contribution in [0.15, 0.2) is 88.4 Å². The van der Waals surface area contributed by atoms with Gasteiger partial charge in [-0.3, -0.25) is 4.79 Å². The van der Waals surface area contributed by atoms with Gasteiger partial charge in [0.2, 0.25) is 0 Å². The quantitative estimate of drug-likeness (QED) is 0.337. The van der Waals surface area contributed by atoms with E-state index in [1.165, 1.54) is 0 Å². The molecule has 4 aromatic rings. The molecule has 0 spiro atoms. The van der Waals surface area contributed by atoms with Gasteiger partial charge in [-0.15, -0.1) is 0 Å². The molecule has 6 nitrogen and oxygen atoms in total. The summed E-state index contributed by atoms with van der Waals surface area (Å²) in [6.45, 7) is -0.248. The molecule has 1 aromatic heterocycles. The van der Waals surface area contributed by atoms with Crippen LogP contribution in [0.4, 0.5) is 0 Å². The number of fused-ring (bicyclic) bond motifs is 1. The van der Waals surface area contributed by atoms with Crippen molar-refractivity contribution in [2.75, 3.05) is 6.61 Å². The Morgan fingerprint density at radius 3 is 2.50 bits per heavy atom. The Kier molecular flexibility index (Phi) is 6.10. The molecule has 0 saturated carbocycles. The van der Waals surface area contributed by atoms with Crippen LogP contribution in [0.3, 0.4) is 0 Å². The smallest absolute Gasteiger partial charge is 0.318 e. The second-order valence-corrected chi connectivity index (χ2v) is 7.29. The Morgan fingerprint density at radius 2 is 1.73 bits per heavy atom. The molecule has 0 atom stereocenters. The van der Waals surface area contributed by atoms with E-state index >= 15 is 0 Å². The maximum Gasteiger partial charge on any atom is 0.318 e. The number of hydrogen-bond donors (Lipinski definition) is 1. The monoisotopic (exact) mass is 460 g/mol. The number of hydrogen-bond acceptors (Lipinski definition) is 5. The van der Waals surface area contributed by atoms with Crippen LogP contribution in [0.2, 0.25) is 0 Å². The van der Waals surface area contributed by atoms with E-state index in [1.807, 2.05) is 78.9 Å². The van der Waals surface area contributed by atoms with Gasteiger partial charge in [-0.25, -0.2) is 5.43 Å². The normalized spacial score (nSPS) is 11.0. The lowest BCUT2D eigenvalue weighted by Crippen LogP contribution is -2.25. The molecule has 1 N–H and O–H groups in total. The van der Waals surface area contributed by atoms with E-state index in [0.717, 1.165) is 32.2 Å². The Labute approximate surface area is 181 Å². The lowest BCUT2D eigenvalue weighted by molar-refractivity contribution is -0.123. The van der Waals surface area contributed by atoms with Gasteiger partial charge in [0.25, 0.3) is 5.91 Å². The highest BCUT2D eigenvalue weighted by molar-refractivity contribution is 9.10. The lowest BCUT2D eigenvalue weighted by Gasteiger charge is -2.10. The third kappa shape index (κ3) is 4.87. The van der Waals surface area contributed by atoms with Crippen molar-refractivity contribution in [1.29, 1.82) is 0 Å². The first-order chi connectivity index (χ1) is 14.7. The van der Waals surface area contributed by atoms with Gasteiger partial charge in [0, 0.05) is 15.4 Å². The Balaban J connectivity index is 1.51. The molecular weight excluding hydrogens is 444 g/mol. The summed E-state index contributed by atoms with van der Waals surface area (Å²) in [6.07, 6.45) is 1.57. The minimum absolute atomic E-state index is 0.130. The van der Waals surface area contributed by atoms with E-state index in [4.69, 9.17) is 4.74 Å². The summed E-state index contributed by atoms with van der Waals surface area (Å²) in [4.78, 5) is 21.0. The van der Waals surface area contributed by atoms with E-state index in [1.54, 1.807) is 6.21 Å². The fourth-order valence-electron chi connectivity index (χ4n) is 2.84. The highest BCUT2D eigenvalue weighted by Crippen LogP contribution is 2.29. The molecular formula is C23H17BrN4O2. The third-order valence-electron chi connectivity index (χ3n) is 4.22. The Hall–Kier alpha value is -3.58. The predicted molar refractivity (Wildman–Crippen MR) is 120 cm³/mol. The Morgan fingerprint density at radius 1 is 1.00 bits per heavy atom. The number of amides is 1. The number of aromatic nitrogens is 2. The number of nitrogens with one attached hydrogen (secondary N) is 1. The highest BCUT2D eigenvalue weighted by atomic mass is 79.9. The number of benzene rings is 3. The molecule has 0 aliphatic carbocycles. The van der Waals surface area contributed by atoms with Crippen molar-refractivity contribution >= 4 is 39.0 Å². The summed E-state index contributed by atoms with van der Waals surface area (Å²) in [5.41, 5.74) is 5.72. The van der Waals surface area contributed by atoms with E-state index in [9.17, 15) is 4.79 Å². The third-order valence-corrected chi connectivity index (χ3v) is 4.71. The summed E-state index contributed by atoms with van der Waals surface area (Å²) < 4.78 is 6.48. The fourth-order valence-corrected chi connectivity index (χ4v) is 3.20. The summed E-state index contributed by atoms with van der Waals surface area (Å²) in [5.74, 6) is -0.400. The molecule has 0 radical (unpaired) electrons. The first-order valence-electron chi connectivity index (χ1n) is 9.21. The molecule has 1 amide bonds.